The summed E-state index contributed by atoms with van der Waals surface area (Å²) in [5, 5.41) is 0. The largest absolute Gasteiger partial charge is 0.340 e. The van der Waals surface area contributed by atoms with E-state index in [4.69, 9.17) is 0 Å². The van der Waals surface area contributed by atoms with Gasteiger partial charge in [0, 0.05) is 38.6 Å². The lowest BCUT2D eigenvalue weighted by Crippen LogP contribution is -2.50. The quantitative estimate of drug-likeness (QED) is 0.801. The van der Waals surface area contributed by atoms with Crippen LogP contribution in [0.3, 0.4) is 0 Å². The lowest BCUT2D eigenvalue weighted by Gasteiger charge is -2.36. The molecule has 1 atom stereocenters. The number of rotatable bonds is 3. The summed E-state index contributed by atoms with van der Waals surface area (Å²) in [6.07, 6.45) is 7.38. The van der Waals surface area contributed by atoms with Crippen molar-refractivity contribution < 1.29 is 4.79 Å². The van der Waals surface area contributed by atoms with Gasteiger partial charge in [-0.05, 0) is 31.7 Å². The fourth-order valence-corrected chi connectivity index (χ4v) is 3.47. The van der Waals surface area contributed by atoms with E-state index < -0.39 is 0 Å². The molecule has 1 heterocycles. The molecule has 0 bridgehead atoms. The fraction of sp³-hybridized carbons (Fsp3) is 0.526. The van der Waals surface area contributed by atoms with Crippen LogP contribution in [0.1, 0.15) is 30.4 Å². The van der Waals surface area contributed by atoms with Gasteiger partial charge in [0.1, 0.15) is 0 Å². The molecule has 2 aliphatic rings. The molecule has 0 spiro atoms. The summed E-state index contributed by atoms with van der Waals surface area (Å²) >= 11 is 0. The zero-order valence-corrected chi connectivity index (χ0v) is 13.5. The van der Waals surface area contributed by atoms with Crippen molar-refractivity contribution in [3.8, 4) is 0 Å². The zero-order chi connectivity index (χ0) is 15.4. The van der Waals surface area contributed by atoms with Crippen molar-refractivity contribution in [1.29, 1.82) is 0 Å². The molecule has 22 heavy (non-hydrogen) atoms. The topological polar surface area (TPSA) is 23.6 Å². The predicted molar refractivity (Wildman–Crippen MR) is 89.5 cm³/mol. The van der Waals surface area contributed by atoms with Crippen LogP contribution >= 0.6 is 0 Å². The Morgan fingerprint density at radius 1 is 1.18 bits per heavy atom. The molecule has 3 heteroatoms. The van der Waals surface area contributed by atoms with Crippen LogP contribution < -0.4 is 0 Å². The highest BCUT2D eigenvalue weighted by molar-refractivity contribution is 5.79. The molecule has 118 valence electrons. The molecule has 1 saturated heterocycles. The first-order valence-electron chi connectivity index (χ1n) is 8.44. The van der Waals surface area contributed by atoms with E-state index in [1.165, 1.54) is 11.1 Å². The fourth-order valence-electron chi connectivity index (χ4n) is 3.47. The maximum absolute atomic E-state index is 12.5. The summed E-state index contributed by atoms with van der Waals surface area (Å²) < 4.78 is 0. The van der Waals surface area contributed by atoms with Gasteiger partial charge in [-0.2, -0.15) is 0 Å². The van der Waals surface area contributed by atoms with Gasteiger partial charge in [0.2, 0.25) is 5.91 Å². The third kappa shape index (κ3) is 3.77. The minimum Gasteiger partial charge on any atom is -0.340 e. The SMILES string of the molecule is Cc1cccc(CN2CCN(C(=O)[C@H]3CC=CCC3)CC2)c1. The van der Waals surface area contributed by atoms with Crippen LogP contribution in [0.2, 0.25) is 0 Å². The van der Waals surface area contributed by atoms with Gasteiger partial charge in [0.15, 0.2) is 0 Å². The Balaban J connectivity index is 1.49. The number of nitrogens with zero attached hydrogens (tertiary/aromatic N) is 2. The van der Waals surface area contributed by atoms with E-state index in [-0.39, 0.29) is 5.92 Å². The number of carbonyl (C=O) groups is 1. The summed E-state index contributed by atoms with van der Waals surface area (Å²) in [4.78, 5) is 17.1. The standard InChI is InChI=1S/C19H26N2O/c1-16-6-5-7-17(14-16)15-20-10-12-21(13-11-20)19(22)18-8-3-2-4-9-18/h2-3,5-7,14,18H,4,8-13,15H2,1H3/t18-/m0/s1. The molecule has 0 radical (unpaired) electrons. The van der Waals surface area contributed by atoms with Gasteiger partial charge in [0.05, 0.1) is 0 Å². The number of aryl methyl sites for hydroxylation is 1. The van der Waals surface area contributed by atoms with Crippen LogP contribution in [0.15, 0.2) is 36.4 Å². The van der Waals surface area contributed by atoms with Crippen LogP contribution in [-0.4, -0.2) is 41.9 Å². The van der Waals surface area contributed by atoms with Gasteiger partial charge in [-0.15, -0.1) is 0 Å². The Kier molecular flexibility index (Phi) is 4.94. The van der Waals surface area contributed by atoms with Crippen molar-refractivity contribution in [3.63, 3.8) is 0 Å². The van der Waals surface area contributed by atoms with Gasteiger partial charge in [0.25, 0.3) is 0 Å². The number of hydrogen-bond donors (Lipinski definition) is 0. The number of carbonyl (C=O) groups excluding carboxylic acids is 1. The molecule has 0 saturated carbocycles. The van der Waals surface area contributed by atoms with E-state index in [0.29, 0.717) is 5.91 Å². The average Bonchev–Trinajstić information content (AvgIpc) is 2.56. The number of allylic oxidation sites excluding steroid dienone is 2. The van der Waals surface area contributed by atoms with Crippen LogP contribution in [0.25, 0.3) is 0 Å². The first-order chi connectivity index (χ1) is 10.7. The molecule has 1 amide bonds. The third-order valence-corrected chi connectivity index (χ3v) is 4.79. The molecule has 1 aromatic rings. The lowest BCUT2D eigenvalue weighted by atomic mass is 9.93. The van der Waals surface area contributed by atoms with Gasteiger partial charge in [-0.3, -0.25) is 9.69 Å². The van der Waals surface area contributed by atoms with Crippen molar-refractivity contribution in [2.45, 2.75) is 32.7 Å². The van der Waals surface area contributed by atoms with Crippen molar-refractivity contribution in [2.75, 3.05) is 26.2 Å². The molecule has 1 aromatic carbocycles. The van der Waals surface area contributed by atoms with Crippen molar-refractivity contribution in [1.82, 2.24) is 9.80 Å². The molecule has 0 N–H and O–H groups in total. The second-order valence-electron chi connectivity index (χ2n) is 6.57. The number of piperazine rings is 1. The molecular weight excluding hydrogens is 272 g/mol. The van der Waals surface area contributed by atoms with E-state index in [1.54, 1.807) is 0 Å². The maximum Gasteiger partial charge on any atom is 0.226 e. The second kappa shape index (κ2) is 7.10. The zero-order valence-electron chi connectivity index (χ0n) is 13.5. The Morgan fingerprint density at radius 2 is 2.00 bits per heavy atom. The van der Waals surface area contributed by atoms with Gasteiger partial charge >= 0.3 is 0 Å². The summed E-state index contributed by atoms with van der Waals surface area (Å²) in [6, 6.07) is 8.71. The smallest absolute Gasteiger partial charge is 0.226 e. The van der Waals surface area contributed by atoms with Crippen molar-refractivity contribution in [2.24, 2.45) is 5.92 Å². The summed E-state index contributed by atoms with van der Waals surface area (Å²) in [5.74, 6) is 0.605. The summed E-state index contributed by atoms with van der Waals surface area (Å²) in [7, 11) is 0. The van der Waals surface area contributed by atoms with Gasteiger partial charge < -0.3 is 4.90 Å². The van der Waals surface area contributed by atoms with E-state index in [1.807, 2.05) is 0 Å². The Labute approximate surface area is 133 Å². The third-order valence-electron chi connectivity index (χ3n) is 4.79. The van der Waals surface area contributed by atoms with Crippen molar-refractivity contribution in [3.05, 3.63) is 47.5 Å². The van der Waals surface area contributed by atoms with E-state index in [2.05, 4.69) is 53.1 Å². The Morgan fingerprint density at radius 3 is 2.68 bits per heavy atom. The molecule has 1 fully saturated rings. The van der Waals surface area contributed by atoms with Gasteiger partial charge in [-0.25, -0.2) is 0 Å². The van der Waals surface area contributed by atoms with Gasteiger partial charge in [-0.1, -0.05) is 42.0 Å². The number of benzene rings is 1. The Hall–Kier alpha value is -1.61. The number of hydrogen-bond acceptors (Lipinski definition) is 2. The van der Waals surface area contributed by atoms with E-state index >= 15 is 0 Å². The summed E-state index contributed by atoms with van der Waals surface area (Å²) in [5.41, 5.74) is 2.69. The molecular formula is C19H26N2O. The second-order valence-corrected chi connectivity index (χ2v) is 6.57. The molecule has 1 aliphatic heterocycles. The van der Waals surface area contributed by atoms with Crippen LogP contribution in [0.5, 0.6) is 0 Å². The molecule has 0 aromatic heterocycles. The van der Waals surface area contributed by atoms with Crippen LogP contribution in [0.4, 0.5) is 0 Å². The molecule has 1 aliphatic carbocycles. The minimum absolute atomic E-state index is 0.230. The van der Waals surface area contributed by atoms with Crippen LogP contribution in [-0.2, 0) is 11.3 Å². The van der Waals surface area contributed by atoms with Crippen LogP contribution in [0, 0.1) is 12.8 Å². The lowest BCUT2D eigenvalue weighted by molar-refractivity contribution is -0.137. The van der Waals surface area contributed by atoms with Crippen molar-refractivity contribution >= 4 is 5.91 Å². The first kappa shape index (κ1) is 15.3. The van der Waals surface area contributed by atoms with E-state index in [0.717, 1.165) is 52.0 Å². The molecule has 3 nitrogen and oxygen atoms in total. The molecule has 3 rings (SSSR count). The van der Waals surface area contributed by atoms with E-state index in [9.17, 15) is 4.79 Å². The number of amides is 1. The average molecular weight is 298 g/mol. The highest BCUT2D eigenvalue weighted by atomic mass is 16.2. The Bertz CT molecular complexity index is 544. The highest BCUT2D eigenvalue weighted by Gasteiger charge is 2.27. The highest BCUT2D eigenvalue weighted by Crippen LogP contribution is 2.21. The summed E-state index contributed by atoms with van der Waals surface area (Å²) in [6.45, 7) is 6.87. The maximum atomic E-state index is 12.5. The first-order valence-corrected chi connectivity index (χ1v) is 8.44. The normalized spacial score (nSPS) is 22.8. The molecule has 0 unspecified atom stereocenters. The minimum atomic E-state index is 0.230. The predicted octanol–water partition coefficient (Wildman–Crippen LogP) is 3.00. The monoisotopic (exact) mass is 298 g/mol.